The molecule has 0 unspecified atom stereocenters. The Hall–Kier alpha value is -2.53. The van der Waals surface area contributed by atoms with Gasteiger partial charge in [-0.3, -0.25) is 4.79 Å². The number of carbonyl (C=O) groups is 2. The van der Waals surface area contributed by atoms with Crippen molar-refractivity contribution >= 4 is 23.5 Å². The number of carbonyl (C=O) groups excluding carboxylic acids is 2. The molecule has 0 spiro atoms. The molecule has 1 aliphatic heterocycles. The van der Waals surface area contributed by atoms with Gasteiger partial charge in [0.1, 0.15) is 0 Å². The molecule has 3 amide bonds. The second kappa shape index (κ2) is 7.57. The molecule has 0 bridgehead atoms. The number of urea groups is 1. The summed E-state index contributed by atoms with van der Waals surface area (Å²) in [6.07, 6.45) is 1.00. The van der Waals surface area contributed by atoms with Crippen LogP contribution in [0, 0.1) is 0 Å². The number of amides is 3. The Morgan fingerprint density at radius 1 is 1.12 bits per heavy atom. The van der Waals surface area contributed by atoms with Crippen LogP contribution in [0.4, 0.5) is 4.79 Å². The number of fused-ring (bicyclic) bond motifs is 1. The van der Waals surface area contributed by atoms with Crippen molar-refractivity contribution in [2.24, 2.45) is 5.73 Å². The fourth-order valence-corrected chi connectivity index (χ4v) is 3.26. The largest absolute Gasteiger partial charge is 0.352 e. The van der Waals surface area contributed by atoms with Gasteiger partial charge in [-0.15, -0.1) is 0 Å². The lowest BCUT2D eigenvalue weighted by Gasteiger charge is -2.30. The molecule has 25 heavy (non-hydrogen) atoms. The predicted molar refractivity (Wildman–Crippen MR) is 97.1 cm³/mol. The maximum Gasteiger partial charge on any atom is 0.312 e. The molecule has 2 aromatic carbocycles. The highest BCUT2D eigenvalue weighted by Crippen LogP contribution is 2.23. The summed E-state index contributed by atoms with van der Waals surface area (Å²) >= 11 is 5.91. The maximum absolute atomic E-state index is 12.7. The standard InChI is InChI=1S/C19H20ClN3O2/c20-16-7-5-14(6-8-16)17(22-19(21)25)11-18(24)23-10-9-13-3-1-2-4-15(13)12-23/h1-8,17H,9-12H2,(H3,21,22,25)/t17-/m0/s1. The molecule has 1 heterocycles. The lowest BCUT2D eigenvalue weighted by Crippen LogP contribution is -2.40. The SMILES string of the molecule is NC(=O)N[C@@H](CC(=O)N1CCc2ccccc2C1)c1ccc(Cl)cc1. The van der Waals surface area contributed by atoms with E-state index in [2.05, 4.69) is 11.4 Å². The molecular weight excluding hydrogens is 338 g/mol. The molecule has 1 aliphatic rings. The van der Waals surface area contributed by atoms with Gasteiger partial charge in [-0.2, -0.15) is 0 Å². The number of primary amides is 1. The van der Waals surface area contributed by atoms with E-state index in [0.717, 1.165) is 12.0 Å². The first-order valence-electron chi connectivity index (χ1n) is 8.19. The van der Waals surface area contributed by atoms with Gasteiger partial charge in [-0.05, 0) is 35.2 Å². The number of nitrogens with zero attached hydrogens (tertiary/aromatic N) is 1. The summed E-state index contributed by atoms with van der Waals surface area (Å²) in [5.74, 6) is -0.0109. The van der Waals surface area contributed by atoms with Crippen molar-refractivity contribution in [3.63, 3.8) is 0 Å². The topological polar surface area (TPSA) is 75.4 Å². The van der Waals surface area contributed by atoms with Crippen LogP contribution in [0.15, 0.2) is 48.5 Å². The number of rotatable bonds is 4. The second-order valence-electron chi connectivity index (χ2n) is 6.15. The van der Waals surface area contributed by atoms with E-state index in [1.165, 1.54) is 11.1 Å². The number of benzene rings is 2. The first kappa shape index (κ1) is 17.3. The van der Waals surface area contributed by atoms with Crippen LogP contribution in [0.1, 0.15) is 29.2 Å². The fraction of sp³-hybridized carbons (Fsp3) is 0.263. The van der Waals surface area contributed by atoms with Gasteiger partial charge in [-0.1, -0.05) is 48.0 Å². The van der Waals surface area contributed by atoms with Crippen molar-refractivity contribution in [1.82, 2.24) is 10.2 Å². The smallest absolute Gasteiger partial charge is 0.312 e. The van der Waals surface area contributed by atoms with Crippen LogP contribution in [-0.4, -0.2) is 23.4 Å². The van der Waals surface area contributed by atoms with E-state index in [-0.39, 0.29) is 12.3 Å². The van der Waals surface area contributed by atoms with Crippen LogP contribution in [0.5, 0.6) is 0 Å². The molecule has 3 rings (SSSR count). The first-order chi connectivity index (χ1) is 12.0. The van der Waals surface area contributed by atoms with Gasteiger partial charge in [0.2, 0.25) is 5.91 Å². The average Bonchev–Trinajstić information content (AvgIpc) is 2.61. The summed E-state index contributed by atoms with van der Waals surface area (Å²) in [5.41, 5.74) is 8.54. The van der Waals surface area contributed by atoms with Crippen molar-refractivity contribution < 1.29 is 9.59 Å². The molecule has 6 heteroatoms. The quantitative estimate of drug-likeness (QED) is 0.882. The molecule has 0 saturated carbocycles. The van der Waals surface area contributed by atoms with Gasteiger partial charge in [0.05, 0.1) is 12.5 Å². The molecule has 2 aromatic rings. The van der Waals surface area contributed by atoms with E-state index in [0.29, 0.717) is 18.1 Å². The molecular formula is C19H20ClN3O2. The zero-order valence-corrected chi connectivity index (χ0v) is 14.5. The third kappa shape index (κ3) is 4.31. The number of hydrogen-bond acceptors (Lipinski definition) is 2. The molecule has 1 atom stereocenters. The van der Waals surface area contributed by atoms with Crippen LogP contribution < -0.4 is 11.1 Å². The number of hydrogen-bond donors (Lipinski definition) is 2. The van der Waals surface area contributed by atoms with Crippen molar-refractivity contribution in [2.45, 2.75) is 25.4 Å². The van der Waals surface area contributed by atoms with Crippen LogP contribution in [0.2, 0.25) is 5.02 Å². The average molecular weight is 358 g/mol. The lowest BCUT2D eigenvalue weighted by atomic mass is 9.98. The monoisotopic (exact) mass is 357 g/mol. The van der Waals surface area contributed by atoms with Gasteiger partial charge in [0.25, 0.3) is 0 Å². The lowest BCUT2D eigenvalue weighted by molar-refractivity contribution is -0.132. The van der Waals surface area contributed by atoms with Crippen LogP contribution in [-0.2, 0) is 17.8 Å². The van der Waals surface area contributed by atoms with Crippen molar-refractivity contribution in [3.8, 4) is 0 Å². The third-order valence-electron chi connectivity index (χ3n) is 4.45. The minimum Gasteiger partial charge on any atom is -0.352 e. The van der Waals surface area contributed by atoms with Gasteiger partial charge >= 0.3 is 6.03 Å². The van der Waals surface area contributed by atoms with Crippen LogP contribution in [0.3, 0.4) is 0 Å². The molecule has 0 fully saturated rings. The van der Waals surface area contributed by atoms with E-state index in [9.17, 15) is 9.59 Å². The Labute approximate surface area is 151 Å². The van der Waals surface area contributed by atoms with Crippen molar-refractivity contribution in [1.29, 1.82) is 0 Å². The Balaban J connectivity index is 1.72. The highest BCUT2D eigenvalue weighted by Gasteiger charge is 2.24. The first-order valence-corrected chi connectivity index (χ1v) is 8.56. The normalized spacial score (nSPS) is 14.5. The Bertz CT molecular complexity index is 776. The molecule has 5 nitrogen and oxygen atoms in total. The molecule has 0 aliphatic carbocycles. The Morgan fingerprint density at radius 3 is 2.48 bits per heavy atom. The number of nitrogens with two attached hydrogens (primary N) is 1. The van der Waals surface area contributed by atoms with Gasteiger partial charge < -0.3 is 16.0 Å². The molecule has 0 aromatic heterocycles. The molecule has 0 saturated heterocycles. The molecule has 3 N–H and O–H groups in total. The zero-order chi connectivity index (χ0) is 17.8. The highest BCUT2D eigenvalue weighted by molar-refractivity contribution is 6.30. The number of nitrogens with one attached hydrogen (secondary N) is 1. The zero-order valence-electron chi connectivity index (χ0n) is 13.7. The summed E-state index contributed by atoms with van der Waals surface area (Å²) < 4.78 is 0. The Morgan fingerprint density at radius 2 is 1.80 bits per heavy atom. The van der Waals surface area contributed by atoms with E-state index < -0.39 is 12.1 Å². The molecule has 130 valence electrons. The third-order valence-corrected chi connectivity index (χ3v) is 4.70. The van der Waals surface area contributed by atoms with Crippen LogP contribution >= 0.6 is 11.6 Å². The van der Waals surface area contributed by atoms with Crippen molar-refractivity contribution in [3.05, 3.63) is 70.2 Å². The summed E-state index contributed by atoms with van der Waals surface area (Å²) in [6.45, 7) is 1.28. The Kier molecular flexibility index (Phi) is 5.24. The second-order valence-corrected chi connectivity index (χ2v) is 6.59. The van der Waals surface area contributed by atoms with E-state index >= 15 is 0 Å². The molecule has 0 radical (unpaired) electrons. The minimum absolute atomic E-state index is 0.0109. The van der Waals surface area contributed by atoms with Gasteiger partial charge in [0, 0.05) is 18.1 Å². The summed E-state index contributed by atoms with van der Waals surface area (Å²) in [5, 5.41) is 3.25. The summed E-state index contributed by atoms with van der Waals surface area (Å²) in [4.78, 5) is 25.9. The predicted octanol–water partition coefficient (Wildman–Crippen LogP) is 3.02. The van der Waals surface area contributed by atoms with E-state index in [1.54, 1.807) is 24.3 Å². The van der Waals surface area contributed by atoms with Gasteiger partial charge in [-0.25, -0.2) is 4.79 Å². The van der Waals surface area contributed by atoms with Crippen molar-refractivity contribution in [2.75, 3.05) is 6.54 Å². The van der Waals surface area contributed by atoms with Gasteiger partial charge in [0.15, 0.2) is 0 Å². The summed E-state index contributed by atoms with van der Waals surface area (Å²) in [7, 11) is 0. The van der Waals surface area contributed by atoms with Crippen LogP contribution in [0.25, 0.3) is 0 Å². The maximum atomic E-state index is 12.7. The highest BCUT2D eigenvalue weighted by atomic mass is 35.5. The minimum atomic E-state index is -0.656. The fourth-order valence-electron chi connectivity index (χ4n) is 3.13. The van der Waals surface area contributed by atoms with E-state index in [1.807, 2.05) is 23.1 Å². The summed E-state index contributed by atoms with van der Waals surface area (Å²) in [6, 6.07) is 14.1. The van der Waals surface area contributed by atoms with E-state index in [4.69, 9.17) is 17.3 Å². The number of halogens is 1.